The highest BCUT2D eigenvalue weighted by molar-refractivity contribution is 6.74. The van der Waals surface area contributed by atoms with Gasteiger partial charge in [-0.3, -0.25) is 0 Å². The van der Waals surface area contributed by atoms with Crippen LogP contribution in [0.3, 0.4) is 0 Å². The molecule has 4 aliphatic carbocycles. The van der Waals surface area contributed by atoms with Crippen molar-refractivity contribution in [1.82, 2.24) is 0 Å². The fourth-order valence-electron chi connectivity index (χ4n) is 9.83. The summed E-state index contributed by atoms with van der Waals surface area (Å²) < 4.78 is 13.6. The number of rotatable bonds is 6. The van der Waals surface area contributed by atoms with Crippen molar-refractivity contribution in [3.05, 3.63) is 11.6 Å². The van der Waals surface area contributed by atoms with Crippen LogP contribution in [0.25, 0.3) is 0 Å². The van der Waals surface area contributed by atoms with E-state index >= 15 is 0 Å². The standard InChI is InChI=1S/C33H57ClO3Si/c1-21(20-34)12-17-33(35)22(2)29-28(36-33)19-27-25-11-10-23-18-24(37-38(8,9)30(3,4)5)13-15-31(23,6)26(25)14-16-32(27,29)7/h10,21-22,24-29,35H,11-20H2,1-9H3/t21?,22-,24-,25+,26-,27-,28-,29-,31-,32-,33?/m0/s1. The number of ether oxygens (including phenoxy) is 1. The molecule has 0 bridgehead atoms. The Balaban J connectivity index is 1.31. The second-order valence-corrected chi connectivity index (χ2v) is 21.5. The third-order valence-electron chi connectivity index (χ3n) is 13.3. The van der Waals surface area contributed by atoms with E-state index in [4.69, 9.17) is 20.8 Å². The molecule has 5 heteroatoms. The molecule has 1 aliphatic heterocycles. The van der Waals surface area contributed by atoms with Crippen LogP contribution in [0.4, 0.5) is 0 Å². The predicted molar refractivity (Wildman–Crippen MR) is 161 cm³/mol. The lowest BCUT2D eigenvalue weighted by molar-refractivity contribution is -0.220. The fourth-order valence-corrected chi connectivity index (χ4v) is 11.4. The van der Waals surface area contributed by atoms with Crippen molar-refractivity contribution >= 4 is 19.9 Å². The van der Waals surface area contributed by atoms with Crippen LogP contribution in [0.5, 0.6) is 0 Å². The molecule has 5 rings (SSSR count). The Hall–Kier alpha value is 0.127. The van der Waals surface area contributed by atoms with Crippen LogP contribution < -0.4 is 0 Å². The molecule has 218 valence electrons. The van der Waals surface area contributed by atoms with Crippen LogP contribution in [0.2, 0.25) is 18.1 Å². The van der Waals surface area contributed by atoms with Gasteiger partial charge in [-0.2, -0.15) is 0 Å². The molecule has 38 heavy (non-hydrogen) atoms. The monoisotopic (exact) mass is 564 g/mol. The maximum Gasteiger partial charge on any atom is 0.192 e. The Kier molecular flexibility index (Phi) is 7.68. The van der Waals surface area contributed by atoms with E-state index in [0.717, 1.165) is 31.1 Å². The van der Waals surface area contributed by atoms with Crippen LogP contribution in [0.1, 0.15) is 106 Å². The minimum atomic E-state index is -1.75. The van der Waals surface area contributed by atoms with E-state index in [0.29, 0.717) is 41.6 Å². The first kappa shape index (κ1) is 29.6. The molecule has 0 aromatic carbocycles. The van der Waals surface area contributed by atoms with Crippen molar-refractivity contribution in [2.45, 2.75) is 142 Å². The molecule has 0 spiro atoms. The topological polar surface area (TPSA) is 38.7 Å². The second-order valence-electron chi connectivity index (χ2n) is 16.4. The quantitative estimate of drug-likeness (QED) is 0.199. The van der Waals surface area contributed by atoms with Gasteiger partial charge in [-0.15, -0.1) is 11.6 Å². The van der Waals surface area contributed by atoms with Gasteiger partial charge in [-0.05, 0) is 110 Å². The van der Waals surface area contributed by atoms with Crippen molar-refractivity contribution < 1.29 is 14.3 Å². The van der Waals surface area contributed by atoms with Crippen molar-refractivity contribution in [2.24, 2.45) is 46.3 Å². The summed E-state index contributed by atoms with van der Waals surface area (Å²) >= 11 is 6.07. The smallest absolute Gasteiger partial charge is 0.192 e. The van der Waals surface area contributed by atoms with Gasteiger partial charge < -0.3 is 14.3 Å². The molecule has 1 N–H and O–H groups in total. The summed E-state index contributed by atoms with van der Waals surface area (Å²) in [6.45, 7) is 21.5. The highest BCUT2D eigenvalue weighted by atomic mass is 35.5. The summed E-state index contributed by atoms with van der Waals surface area (Å²) in [6, 6.07) is 0. The van der Waals surface area contributed by atoms with Gasteiger partial charge in [0.25, 0.3) is 0 Å². The van der Waals surface area contributed by atoms with Crippen LogP contribution in [-0.2, 0) is 9.16 Å². The zero-order valence-corrected chi connectivity index (χ0v) is 27.7. The number of alkyl halides is 1. The van der Waals surface area contributed by atoms with E-state index in [9.17, 15) is 5.11 Å². The zero-order valence-electron chi connectivity index (χ0n) is 25.9. The molecular weight excluding hydrogens is 508 g/mol. The zero-order chi connectivity index (χ0) is 27.9. The first-order chi connectivity index (χ1) is 17.6. The van der Waals surface area contributed by atoms with Gasteiger partial charge in [0.05, 0.1) is 6.10 Å². The first-order valence-corrected chi connectivity index (χ1v) is 19.3. The Labute approximate surface area is 240 Å². The average Bonchev–Trinajstić information content (AvgIpc) is 3.26. The van der Waals surface area contributed by atoms with Gasteiger partial charge in [-0.25, -0.2) is 0 Å². The highest BCUT2D eigenvalue weighted by Gasteiger charge is 2.67. The SMILES string of the molecule is CC(CCl)CCC1(O)O[C@H]2C[C@H]3[C@@H]4CC=C5C[C@@H](O[Si](C)(C)C(C)(C)C)CC[C@]5(C)[C@H]4CC[C@]3(C)[C@H]2[C@@H]1C. The number of halogens is 1. The lowest BCUT2D eigenvalue weighted by atomic mass is 9.47. The van der Waals surface area contributed by atoms with E-state index in [1.165, 1.54) is 32.1 Å². The number of hydrogen-bond acceptors (Lipinski definition) is 3. The van der Waals surface area contributed by atoms with E-state index in [-0.39, 0.29) is 22.5 Å². The Bertz CT molecular complexity index is 928. The summed E-state index contributed by atoms with van der Waals surface area (Å²) in [4.78, 5) is 0. The molecule has 5 aliphatic rings. The van der Waals surface area contributed by atoms with Gasteiger partial charge >= 0.3 is 0 Å². The molecule has 1 saturated heterocycles. The fraction of sp³-hybridized carbons (Fsp3) is 0.939. The Morgan fingerprint density at radius 2 is 1.89 bits per heavy atom. The summed E-state index contributed by atoms with van der Waals surface area (Å²) in [5, 5.41) is 11.9. The van der Waals surface area contributed by atoms with E-state index in [1.54, 1.807) is 5.57 Å². The van der Waals surface area contributed by atoms with Gasteiger partial charge in [0.2, 0.25) is 0 Å². The van der Waals surface area contributed by atoms with Gasteiger partial charge in [0.15, 0.2) is 14.1 Å². The summed E-state index contributed by atoms with van der Waals surface area (Å²) in [5.74, 6) is 3.00. The van der Waals surface area contributed by atoms with Crippen LogP contribution >= 0.6 is 11.6 Å². The van der Waals surface area contributed by atoms with E-state index < -0.39 is 14.1 Å². The predicted octanol–water partition coefficient (Wildman–Crippen LogP) is 8.94. The molecular formula is C33H57ClO3Si. The van der Waals surface area contributed by atoms with Gasteiger partial charge in [0, 0.05) is 24.3 Å². The van der Waals surface area contributed by atoms with Crippen LogP contribution in [0, 0.1) is 46.3 Å². The lowest BCUT2D eigenvalue weighted by Gasteiger charge is -2.59. The normalized spacial score (nSPS) is 47.6. The molecule has 3 nitrogen and oxygen atoms in total. The summed E-state index contributed by atoms with van der Waals surface area (Å²) in [5.41, 5.74) is 2.32. The number of fused-ring (bicyclic) bond motifs is 7. The minimum absolute atomic E-state index is 0.190. The molecule has 0 aromatic rings. The van der Waals surface area contributed by atoms with Crippen molar-refractivity contribution in [3.63, 3.8) is 0 Å². The first-order valence-electron chi connectivity index (χ1n) is 15.9. The molecule has 4 fully saturated rings. The molecule has 2 unspecified atom stereocenters. The Morgan fingerprint density at radius 3 is 2.55 bits per heavy atom. The molecule has 1 heterocycles. The largest absolute Gasteiger partial charge is 0.414 e. The maximum absolute atomic E-state index is 11.6. The van der Waals surface area contributed by atoms with Gasteiger partial charge in [0.1, 0.15) is 0 Å². The highest BCUT2D eigenvalue weighted by Crippen LogP contribution is 2.70. The molecule has 0 radical (unpaired) electrons. The van der Waals surface area contributed by atoms with E-state index in [1.807, 2.05) is 0 Å². The van der Waals surface area contributed by atoms with Crippen molar-refractivity contribution in [2.75, 3.05) is 5.88 Å². The number of allylic oxidation sites excluding steroid dienone is 1. The summed E-state index contributed by atoms with van der Waals surface area (Å²) in [7, 11) is -1.75. The number of hydrogen-bond donors (Lipinski definition) is 1. The minimum Gasteiger partial charge on any atom is -0.414 e. The molecule has 11 atom stereocenters. The molecule has 3 saturated carbocycles. The Morgan fingerprint density at radius 1 is 1.18 bits per heavy atom. The second kappa shape index (κ2) is 9.85. The van der Waals surface area contributed by atoms with Crippen LogP contribution in [-0.4, -0.2) is 37.3 Å². The molecule has 0 amide bonds. The summed E-state index contributed by atoms with van der Waals surface area (Å²) in [6.07, 6.45) is 13.5. The van der Waals surface area contributed by atoms with Gasteiger partial charge in [-0.1, -0.05) is 60.1 Å². The lowest BCUT2D eigenvalue weighted by Crippen LogP contribution is -2.52. The molecule has 0 aromatic heterocycles. The van der Waals surface area contributed by atoms with E-state index in [2.05, 4.69) is 67.6 Å². The van der Waals surface area contributed by atoms with Crippen molar-refractivity contribution in [3.8, 4) is 0 Å². The maximum atomic E-state index is 11.6. The van der Waals surface area contributed by atoms with Crippen molar-refractivity contribution in [1.29, 1.82) is 0 Å². The third-order valence-corrected chi connectivity index (χ3v) is 18.3. The third kappa shape index (κ3) is 4.63. The average molecular weight is 565 g/mol. The number of aliphatic hydroxyl groups is 1. The van der Waals surface area contributed by atoms with Crippen LogP contribution in [0.15, 0.2) is 11.6 Å².